The molecule has 0 saturated heterocycles. The third kappa shape index (κ3) is 3.53. The maximum atomic E-state index is 13.7. The third-order valence-electron chi connectivity index (χ3n) is 5.63. The molecule has 0 unspecified atom stereocenters. The monoisotopic (exact) mass is 432 g/mol. The summed E-state index contributed by atoms with van der Waals surface area (Å²) in [6.07, 6.45) is 0. The van der Waals surface area contributed by atoms with E-state index in [9.17, 15) is 13.2 Å². The molecular weight excluding hydrogens is 408 g/mol. The van der Waals surface area contributed by atoms with E-state index >= 15 is 0 Å². The molecule has 5 nitrogen and oxygen atoms in total. The van der Waals surface area contributed by atoms with Crippen LogP contribution < -0.4 is 9.62 Å². The van der Waals surface area contributed by atoms with E-state index in [-0.39, 0.29) is 11.4 Å². The summed E-state index contributed by atoms with van der Waals surface area (Å²) in [6.45, 7) is 5.84. The van der Waals surface area contributed by atoms with Crippen molar-refractivity contribution in [1.82, 2.24) is 0 Å². The van der Waals surface area contributed by atoms with Crippen molar-refractivity contribution in [2.45, 2.75) is 20.8 Å². The molecule has 0 radical (unpaired) electrons. The number of aryl methyl sites for hydroxylation is 1. The summed E-state index contributed by atoms with van der Waals surface area (Å²) in [4.78, 5) is 13.3. The van der Waals surface area contributed by atoms with Gasteiger partial charge in [-0.25, -0.2) is 8.42 Å². The summed E-state index contributed by atoms with van der Waals surface area (Å²) in [5.41, 5.74) is 4.91. The second-order valence-electron chi connectivity index (χ2n) is 7.46. The van der Waals surface area contributed by atoms with Gasteiger partial charge in [-0.15, -0.1) is 0 Å². The molecule has 4 rings (SSSR count). The summed E-state index contributed by atoms with van der Waals surface area (Å²) in [5, 5.41) is 2.85. The van der Waals surface area contributed by atoms with E-state index in [1.165, 1.54) is 4.31 Å². The van der Waals surface area contributed by atoms with Crippen LogP contribution in [-0.4, -0.2) is 20.9 Å². The molecule has 0 spiro atoms. The summed E-state index contributed by atoms with van der Waals surface area (Å²) in [6, 6.07) is 22.1. The normalized spacial score (nSPS) is 14.9. The lowest BCUT2D eigenvalue weighted by Crippen LogP contribution is -2.39. The van der Waals surface area contributed by atoms with Gasteiger partial charge in [-0.3, -0.25) is 9.10 Å². The number of carbonyl (C=O) groups is 1. The second-order valence-corrected chi connectivity index (χ2v) is 9.26. The first-order valence-electron chi connectivity index (χ1n) is 10.2. The van der Waals surface area contributed by atoms with Crippen molar-refractivity contribution in [3.8, 4) is 0 Å². The molecule has 0 saturated carbocycles. The molecule has 3 aromatic rings. The highest BCUT2D eigenvalue weighted by molar-refractivity contribution is 7.97. The number of hydrogen-bond donors (Lipinski definition) is 1. The standard InChI is InChI=1S/C25H24N2O3S/c1-4-27-22-16-9-8-14-20(22)23(19-12-6-5-7-13-19)24(31(27,29)30)25(28)26-21-15-10-11-17(2)18(21)3/h5-16H,4H2,1-3H3,(H,26,28). The molecule has 3 aromatic carbocycles. The Morgan fingerprint density at radius 1 is 0.903 bits per heavy atom. The van der Waals surface area contributed by atoms with Crippen LogP contribution in [0.3, 0.4) is 0 Å². The van der Waals surface area contributed by atoms with Crippen LogP contribution in [0.15, 0.2) is 77.7 Å². The topological polar surface area (TPSA) is 66.5 Å². The van der Waals surface area contributed by atoms with Crippen LogP contribution in [0.5, 0.6) is 0 Å². The number of carbonyl (C=O) groups excluding carboxylic acids is 1. The van der Waals surface area contributed by atoms with Crippen LogP contribution in [0.1, 0.15) is 29.2 Å². The van der Waals surface area contributed by atoms with Crippen LogP contribution in [-0.2, 0) is 14.8 Å². The van der Waals surface area contributed by atoms with Crippen LogP contribution in [0, 0.1) is 13.8 Å². The Bertz CT molecular complexity index is 1300. The van der Waals surface area contributed by atoms with Crippen LogP contribution in [0.2, 0.25) is 0 Å². The fourth-order valence-electron chi connectivity index (χ4n) is 3.92. The van der Waals surface area contributed by atoms with Gasteiger partial charge in [-0.2, -0.15) is 0 Å². The smallest absolute Gasteiger partial charge is 0.270 e. The third-order valence-corrected chi connectivity index (χ3v) is 7.57. The van der Waals surface area contributed by atoms with E-state index in [0.29, 0.717) is 22.5 Å². The average Bonchev–Trinajstić information content (AvgIpc) is 2.76. The Kier molecular flexibility index (Phi) is 5.41. The highest BCUT2D eigenvalue weighted by Crippen LogP contribution is 2.42. The van der Waals surface area contributed by atoms with E-state index in [0.717, 1.165) is 16.7 Å². The van der Waals surface area contributed by atoms with Gasteiger partial charge in [0.25, 0.3) is 15.9 Å². The number of para-hydroxylation sites is 1. The molecule has 0 bridgehead atoms. The fourth-order valence-corrected chi connectivity index (χ4v) is 5.67. The minimum absolute atomic E-state index is 0.224. The van der Waals surface area contributed by atoms with Gasteiger partial charge in [0.15, 0.2) is 4.91 Å². The first kappa shape index (κ1) is 20.9. The zero-order valence-corrected chi connectivity index (χ0v) is 18.5. The van der Waals surface area contributed by atoms with Gasteiger partial charge in [0.05, 0.1) is 5.69 Å². The molecule has 1 aliphatic rings. The van der Waals surface area contributed by atoms with Crippen LogP contribution >= 0.6 is 0 Å². The zero-order chi connectivity index (χ0) is 22.2. The van der Waals surface area contributed by atoms with Gasteiger partial charge in [0.2, 0.25) is 0 Å². The molecule has 0 atom stereocenters. The molecule has 31 heavy (non-hydrogen) atoms. The first-order valence-corrected chi connectivity index (χ1v) is 11.6. The lowest BCUT2D eigenvalue weighted by atomic mass is 9.95. The highest BCUT2D eigenvalue weighted by atomic mass is 32.2. The Morgan fingerprint density at radius 3 is 2.29 bits per heavy atom. The minimum atomic E-state index is -4.07. The molecule has 1 N–H and O–H groups in total. The van der Waals surface area contributed by atoms with Gasteiger partial charge in [-0.05, 0) is 49.6 Å². The fraction of sp³-hybridized carbons (Fsp3) is 0.160. The molecule has 1 aliphatic heterocycles. The SMILES string of the molecule is CCN1c2ccccc2C(c2ccccc2)=C(C(=O)Nc2cccc(C)c2C)S1(=O)=O. The van der Waals surface area contributed by atoms with Gasteiger partial charge in [0, 0.05) is 23.4 Å². The van der Waals surface area contributed by atoms with E-state index in [2.05, 4.69) is 5.32 Å². The number of fused-ring (bicyclic) bond motifs is 1. The highest BCUT2D eigenvalue weighted by Gasteiger charge is 2.40. The molecule has 0 aliphatic carbocycles. The number of nitrogens with one attached hydrogen (secondary N) is 1. The van der Waals surface area contributed by atoms with Gasteiger partial charge in [-0.1, -0.05) is 60.7 Å². The summed E-state index contributed by atoms with van der Waals surface area (Å²) < 4.78 is 28.7. The predicted octanol–water partition coefficient (Wildman–Crippen LogP) is 4.87. The molecular formula is C25H24N2O3S. The van der Waals surface area contributed by atoms with Gasteiger partial charge < -0.3 is 5.32 Å². The van der Waals surface area contributed by atoms with Crippen LogP contribution in [0.25, 0.3) is 5.57 Å². The van der Waals surface area contributed by atoms with E-state index in [1.54, 1.807) is 25.1 Å². The van der Waals surface area contributed by atoms with Crippen molar-refractivity contribution in [3.63, 3.8) is 0 Å². The van der Waals surface area contributed by atoms with Crippen LogP contribution in [0.4, 0.5) is 11.4 Å². The van der Waals surface area contributed by atoms with Crippen molar-refractivity contribution in [3.05, 3.63) is 100.0 Å². The Hall–Kier alpha value is -3.38. The zero-order valence-electron chi connectivity index (χ0n) is 17.7. The largest absolute Gasteiger partial charge is 0.321 e. The quantitative estimate of drug-likeness (QED) is 0.640. The van der Waals surface area contributed by atoms with Crippen molar-refractivity contribution in [2.24, 2.45) is 0 Å². The van der Waals surface area contributed by atoms with Crippen molar-refractivity contribution in [2.75, 3.05) is 16.2 Å². The molecule has 0 fully saturated rings. The van der Waals surface area contributed by atoms with E-state index in [1.807, 2.05) is 68.4 Å². The minimum Gasteiger partial charge on any atom is -0.321 e. The summed E-state index contributed by atoms with van der Waals surface area (Å²) in [5.74, 6) is -0.638. The van der Waals surface area contributed by atoms with Crippen molar-refractivity contribution < 1.29 is 13.2 Å². The molecule has 1 heterocycles. The first-order chi connectivity index (χ1) is 14.9. The molecule has 0 aromatic heterocycles. The van der Waals surface area contributed by atoms with E-state index in [4.69, 9.17) is 0 Å². The Balaban J connectivity index is 1.99. The van der Waals surface area contributed by atoms with Crippen molar-refractivity contribution in [1.29, 1.82) is 0 Å². The maximum Gasteiger partial charge on any atom is 0.270 e. The lowest BCUT2D eigenvalue weighted by Gasteiger charge is -2.32. The number of nitrogens with zero attached hydrogens (tertiary/aromatic N) is 1. The number of anilines is 2. The maximum absolute atomic E-state index is 13.7. The average molecular weight is 433 g/mol. The van der Waals surface area contributed by atoms with E-state index < -0.39 is 15.9 Å². The number of benzene rings is 3. The van der Waals surface area contributed by atoms with Gasteiger partial charge in [0.1, 0.15) is 0 Å². The molecule has 158 valence electrons. The molecule has 6 heteroatoms. The number of hydrogen-bond acceptors (Lipinski definition) is 3. The predicted molar refractivity (Wildman–Crippen MR) is 125 cm³/mol. The number of sulfonamides is 1. The summed E-state index contributed by atoms with van der Waals surface area (Å²) in [7, 11) is -4.07. The lowest BCUT2D eigenvalue weighted by molar-refractivity contribution is -0.112. The van der Waals surface area contributed by atoms with Gasteiger partial charge >= 0.3 is 0 Å². The number of amides is 1. The van der Waals surface area contributed by atoms with Crippen molar-refractivity contribution >= 4 is 32.9 Å². The molecule has 1 amide bonds. The number of rotatable bonds is 4. The summed E-state index contributed by atoms with van der Waals surface area (Å²) >= 11 is 0. The Labute approximate surface area is 183 Å². The Morgan fingerprint density at radius 2 is 1.58 bits per heavy atom. The second kappa shape index (κ2) is 8.04.